The van der Waals surface area contributed by atoms with Crippen LogP contribution in [-0.2, 0) is 14.8 Å². The Hall–Kier alpha value is -2.98. The van der Waals surface area contributed by atoms with E-state index >= 15 is 0 Å². The van der Waals surface area contributed by atoms with Crippen LogP contribution in [0.3, 0.4) is 0 Å². The Balaban J connectivity index is 1.37. The van der Waals surface area contributed by atoms with Crippen LogP contribution in [0.2, 0.25) is 0 Å². The number of ether oxygens (including phenoxy) is 1. The Morgan fingerprint density at radius 2 is 1.66 bits per heavy atom. The minimum atomic E-state index is -3.76. The van der Waals surface area contributed by atoms with Crippen molar-refractivity contribution in [2.24, 2.45) is 0 Å². The summed E-state index contributed by atoms with van der Waals surface area (Å²) < 4.78 is 32.6. The lowest BCUT2D eigenvalue weighted by molar-refractivity contribution is 0.0664. The second kappa shape index (κ2) is 7.80. The lowest BCUT2D eigenvalue weighted by Gasteiger charge is -2.27. The Labute approximate surface area is 168 Å². The van der Waals surface area contributed by atoms with E-state index in [2.05, 4.69) is 14.6 Å². The molecule has 0 saturated carbocycles. The summed E-state index contributed by atoms with van der Waals surface area (Å²) in [4.78, 5) is 32.0. The maximum Gasteiger partial charge on any atom is 0.261 e. The van der Waals surface area contributed by atoms with Gasteiger partial charge < -0.3 is 9.64 Å². The molecule has 0 radical (unpaired) electrons. The van der Waals surface area contributed by atoms with E-state index in [1.54, 1.807) is 36.4 Å². The van der Waals surface area contributed by atoms with Gasteiger partial charge in [0, 0.05) is 19.6 Å². The predicted octanol–water partition coefficient (Wildman–Crippen LogP) is 0.956. The number of amides is 2. The summed E-state index contributed by atoms with van der Waals surface area (Å²) >= 11 is 0. The van der Waals surface area contributed by atoms with Gasteiger partial charge in [-0.3, -0.25) is 19.2 Å². The molecule has 152 valence electrons. The van der Waals surface area contributed by atoms with Crippen molar-refractivity contribution < 1.29 is 22.7 Å². The third-order valence-corrected chi connectivity index (χ3v) is 6.08. The summed E-state index contributed by atoms with van der Waals surface area (Å²) in [6.07, 6.45) is 1.45. The van der Waals surface area contributed by atoms with Crippen molar-refractivity contribution in [3.8, 4) is 0 Å². The molecule has 1 saturated heterocycles. The molecule has 0 spiro atoms. The van der Waals surface area contributed by atoms with Gasteiger partial charge in [-0.05, 0) is 24.3 Å². The standard InChI is InChI=1S/C19H20N4O5S/c24-18-15-3-1-2-4-16(15)19(25)23(18)9-12-29(26,27)21-14-5-6-17(20-13-14)22-7-10-28-11-8-22/h1-6,13,21H,7-12H2. The number of sulfonamides is 1. The summed E-state index contributed by atoms with van der Waals surface area (Å²) in [6.45, 7) is 2.51. The first-order valence-corrected chi connectivity index (χ1v) is 10.8. The molecule has 2 aromatic rings. The van der Waals surface area contributed by atoms with E-state index in [0.717, 1.165) is 23.8 Å². The Morgan fingerprint density at radius 1 is 1.00 bits per heavy atom. The third-order valence-electron chi connectivity index (χ3n) is 4.82. The molecule has 1 fully saturated rings. The number of morpholine rings is 1. The number of carbonyl (C=O) groups excluding carboxylic acids is 2. The van der Waals surface area contributed by atoms with Crippen LogP contribution >= 0.6 is 0 Å². The number of imide groups is 1. The largest absolute Gasteiger partial charge is 0.378 e. The highest BCUT2D eigenvalue weighted by Gasteiger charge is 2.35. The quantitative estimate of drug-likeness (QED) is 0.699. The first-order chi connectivity index (χ1) is 13.9. The number of nitrogens with one attached hydrogen (secondary N) is 1. The van der Waals surface area contributed by atoms with Crippen molar-refractivity contribution in [2.45, 2.75) is 0 Å². The highest BCUT2D eigenvalue weighted by molar-refractivity contribution is 7.92. The monoisotopic (exact) mass is 416 g/mol. The molecular formula is C19H20N4O5S. The lowest BCUT2D eigenvalue weighted by Crippen LogP contribution is -2.36. The highest BCUT2D eigenvalue weighted by atomic mass is 32.2. The average Bonchev–Trinajstić information content (AvgIpc) is 2.98. The van der Waals surface area contributed by atoms with Gasteiger partial charge in [-0.25, -0.2) is 13.4 Å². The van der Waals surface area contributed by atoms with Crippen LogP contribution < -0.4 is 9.62 Å². The van der Waals surface area contributed by atoms with Crippen molar-refractivity contribution >= 4 is 33.3 Å². The molecule has 0 aliphatic carbocycles. The summed E-state index contributed by atoms with van der Waals surface area (Å²) in [6, 6.07) is 9.83. The number of nitrogens with zero attached hydrogens (tertiary/aromatic N) is 3. The molecule has 10 heteroatoms. The fourth-order valence-electron chi connectivity index (χ4n) is 3.31. The molecule has 3 heterocycles. The molecule has 1 aromatic carbocycles. The Morgan fingerprint density at radius 3 is 2.24 bits per heavy atom. The van der Waals surface area contributed by atoms with Gasteiger partial charge in [0.2, 0.25) is 10.0 Å². The molecule has 2 aliphatic rings. The molecule has 2 aliphatic heterocycles. The number of aromatic nitrogens is 1. The van der Waals surface area contributed by atoms with Gasteiger partial charge in [-0.1, -0.05) is 12.1 Å². The lowest BCUT2D eigenvalue weighted by atomic mass is 10.1. The van der Waals surface area contributed by atoms with Gasteiger partial charge in [0.05, 0.1) is 42.0 Å². The van der Waals surface area contributed by atoms with Crippen LogP contribution in [-0.4, -0.2) is 68.7 Å². The molecule has 9 nitrogen and oxygen atoms in total. The van der Waals surface area contributed by atoms with Gasteiger partial charge in [0.1, 0.15) is 5.82 Å². The van der Waals surface area contributed by atoms with Gasteiger partial charge in [-0.2, -0.15) is 0 Å². The van der Waals surface area contributed by atoms with Gasteiger partial charge in [0.15, 0.2) is 0 Å². The number of hydrogen-bond acceptors (Lipinski definition) is 7. The fraction of sp³-hybridized carbons (Fsp3) is 0.316. The first-order valence-electron chi connectivity index (χ1n) is 9.19. The second-order valence-electron chi connectivity index (χ2n) is 6.73. The van der Waals surface area contributed by atoms with Crippen LogP contribution in [0, 0.1) is 0 Å². The topological polar surface area (TPSA) is 109 Å². The first kappa shape index (κ1) is 19.3. The molecule has 29 heavy (non-hydrogen) atoms. The molecular weight excluding hydrogens is 396 g/mol. The zero-order chi connectivity index (χ0) is 20.4. The number of anilines is 2. The second-order valence-corrected chi connectivity index (χ2v) is 8.57. The van der Waals surface area contributed by atoms with Crippen molar-refractivity contribution in [3.63, 3.8) is 0 Å². The van der Waals surface area contributed by atoms with Crippen molar-refractivity contribution in [1.29, 1.82) is 0 Å². The molecule has 1 N–H and O–H groups in total. The zero-order valence-corrected chi connectivity index (χ0v) is 16.4. The smallest absolute Gasteiger partial charge is 0.261 e. The van der Waals surface area contributed by atoms with Crippen LogP contribution in [0.1, 0.15) is 20.7 Å². The van der Waals surface area contributed by atoms with Gasteiger partial charge in [-0.15, -0.1) is 0 Å². The Kier molecular flexibility index (Phi) is 5.20. The maximum atomic E-state index is 12.4. The van der Waals surface area contributed by atoms with Crippen molar-refractivity contribution in [1.82, 2.24) is 9.88 Å². The van der Waals surface area contributed by atoms with Crippen LogP contribution in [0.5, 0.6) is 0 Å². The number of rotatable bonds is 6. The van der Waals surface area contributed by atoms with Crippen molar-refractivity contribution in [3.05, 3.63) is 53.7 Å². The van der Waals surface area contributed by atoms with E-state index in [4.69, 9.17) is 4.74 Å². The zero-order valence-electron chi connectivity index (χ0n) is 15.6. The summed E-state index contributed by atoms with van der Waals surface area (Å²) in [5.41, 5.74) is 0.917. The fourth-order valence-corrected chi connectivity index (χ4v) is 4.32. The maximum absolute atomic E-state index is 12.4. The number of benzene rings is 1. The minimum absolute atomic E-state index is 0.221. The number of fused-ring (bicyclic) bond motifs is 1. The van der Waals surface area contributed by atoms with E-state index in [9.17, 15) is 18.0 Å². The minimum Gasteiger partial charge on any atom is -0.378 e. The van der Waals surface area contributed by atoms with Crippen molar-refractivity contribution in [2.75, 3.05) is 48.2 Å². The van der Waals surface area contributed by atoms with E-state index in [1.165, 1.54) is 6.20 Å². The number of pyridine rings is 1. The summed E-state index contributed by atoms with van der Waals surface area (Å²) in [7, 11) is -3.76. The molecule has 0 bridgehead atoms. The SMILES string of the molecule is O=C1c2ccccc2C(=O)N1CCS(=O)(=O)Nc1ccc(N2CCOCC2)nc1. The average molecular weight is 416 g/mol. The summed E-state index contributed by atoms with van der Waals surface area (Å²) in [5, 5.41) is 0. The third kappa shape index (κ3) is 4.08. The van der Waals surface area contributed by atoms with E-state index in [1.807, 2.05) is 0 Å². The van der Waals surface area contributed by atoms with Gasteiger partial charge >= 0.3 is 0 Å². The van der Waals surface area contributed by atoms with Crippen LogP contribution in [0.15, 0.2) is 42.6 Å². The van der Waals surface area contributed by atoms with E-state index in [-0.39, 0.29) is 6.54 Å². The molecule has 1 aromatic heterocycles. The van der Waals surface area contributed by atoms with Gasteiger partial charge in [0.25, 0.3) is 11.8 Å². The van der Waals surface area contributed by atoms with Crippen LogP contribution in [0.25, 0.3) is 0 Å². The number of carbonyl (C=O) groups is 2. The molecule has 0 unspecified atom stereocenters. The summed E-state index contributed by atoms with van der Waals surface area (Å²) in [5.74, 6) is -0.596. The number of hydrogen-bond donors (Lipinski definition) is 1. The normalized spacial score (nSPS) is 16.8. The van der Waals surface area contributed by atoms with Crippen LogP contribution in [0.4, 0.5) is 11.5 Å². The highest BCUT2D eigenvalue weighted by Crippen LogP contribution is 2.22. The molecule has 2 amide bonds. The van der Waals surface area contributed by atoms with E-state index in [0.29, 0.717) is 30.0 Å². The molecule has 4 rings (SSSR count). The van der Waals surface area contributed by atoms with E-state index < -0.39 is 27.6 Å². The Bertz CT molecular complexity index is 998. The predicted molar refractivity (Wildman–Crippen MR) is 106 cm³/mol. The molecule has 0 atom stereocenters.